The Morgan fingerprint density at radius 1 is 0.524 bits per heavy atom. The highest BCUT2D eigenvalue weighted by atomic mass is 15.2. The Hall–Kier alpha value is -4.44. The highest BCUT2D eigenvalue weighted by molar-refractivity contribution is 5.83. The summed E-state index contributed by atoms with van der Waals surface area (Å²) >= 11 is 0. The molecule has 0 N–H and O–H groups in total. The summed E-state index contributed by atoms with van der Waals surface area (Å²) < 4.78 is 2.26. The highest BCUT2D eigenvalue weighted by Gasteiger charge is 2.25. The molecule has 1 aromatic heterocycles. The number of aromatic nitrogens is 1. The molecule has 0 radical (unpaired) electrons. The summed E-state index contributed by atoms with van der Waals surface area (Å²) in [5, 5.41) is 1.33. The van der Waals surface area contributed by atoms with E-state index in [1.807, 2.05) is 0 Å². The Labute approximate surface area is 250 Å². The van der Waals surface area contributed by atoms with E-state index in [0.29, 0.717) is 0 Å². The van der Waals surface area contributed by atoms with Crippen LogP contribution in [-0.4, -0.2) is 20.9 Å². The fraction of sp³-hybridized carbons (Fsp3) is 0.179. The normalized spacial score (nSPS) is 12.3. The first-order valence-corrected chi connectivity index (χ1v) is 14.9. The predicted molar refractivity (Wildman–Crippen MR) is 175 cm³/mol. The van der Waals surface area contributed by atoms with Gasteiger partial charge in [-0.15, -0.1) is 0 Å². The van der Waals surface area contributed by atoms with Crippen LogP contribution in [0.15, 0.2) is 152 Å². The van der Waals surface area contributed by atoms with Gasteiger partial charge in [0.05, 0.1) is 0 Å². The molecule has 0 fully saturated rings. The van der Waals surface area contributed by atoms with Crippen LogP contribution in [0.4, 0.5) is 0 Å². The van der Waals surface area contributed by atoms with Crippen LogP contribution in [0.1, 0.15) is 33.9 Å². The van der Waals surface area contributed by atoms with Gasteiger partial charge in [-0.25, -0.2) is 0 Å². The van der Waals surface area contributed by atoms with Crippen molar-refractivity contribution in [3.8, 4) is 0 Å². The lowest BCUT2D eigenvalue weighted by Gasteiger charge is -2.36. The number of rotatable bonds is 12. The van der Waals surface area contributed by atoms with Crippen molar-refractivity contribution in [1.29, 1.82) is 0 Å². The largest absolute Gasteiger partial charge is 0.350 e. The molecule has 0 aliphatic heterocycles. The number of fused-ring (bicyclic) bond motifs is 1. The molecular weight excluding hydrogens is 510 g/mol. The molecule has 1 heterocycles. The minimum Gasteiger partial charge on any atom is -0.350 e. The molecule has 3 heteroatoms. The molecule has 1 atom stereocenters. The van der Waals surface area contributed by atoms with Crippen molar-refractivity contribution in [2.45, 2.75) is 32.2 Å². The van der Waals surface area contributed by atoms with Crippen molar-refractivity contribution in [3.05, 3.63) is 180 Å². The molecule has 0 amide bonds. The monoisotopic (exact) mass is 549 g/mol. The lowest BCUT2D eigenvalue weighted by molar-refractivity contribution is 0.117. The Morgan fingerprint density at radius 2 is 1.00 bits per heavy atom. The van der Waals surface area contributed by atoms with Gasteiger partial charge in [-0.2, -0.15) is 0 Å². The second-order valence-electron chi connectivity index (χ2n) is 11.2. The van der Waals surface area contributed by atoms with Crippen molar-refractivity contribution < 1.29 is 0 Å². The van der Waals surface area contributed by atoms with E-state index in [9.17, 15) is 0 Å². The van der Waals surface area contributed by atoms with Crippen molar-refractivity contribution >= 4 is 10.9 Å². The molecule has 0 unspecified atom stereocenters. The number of hydrogen-bond donors (Lipinski definition) is 0. The number of aryl methyl sites for hydroxylation is 1. The van der Waals surface area contributed by atoms with Crippen LogP contribution in [0.25, 0.3) is 10.9 Å². The summed E-state index contributed by atoms with van der Waals surface area (Å²) in [6.07, 6.45) is 2.31. The molecule has 0 saturated carbocycles. The standard InChI is InChI=1S/C39H39N3/c1-40-29-36(37-24-14-15-25-38(37)40)30-41(26-32-16-6-2-7-17-32)31-39(35-22-12-5-13-23-35)42(27-33-18-8-3-9-19-33)28-34-20-10-4-11-21-34/h2-25,29,39H,26-28,30-31H2,1H3/t39-/m0/s1. The fourth-order valence-corrected chi connectivity index (χ4v) is 6.08. The molecule has 6 rings (SSSR count). The van der Waals surface area contributed by atoms with Crippen LogP contribution in [0, 0.1) is 0 Å². The summed E-state index contributed by atoms with van der Waals surface area (Å²) in [6.45, 7) is 4.43. The van der Waals surface area contributed by atoms with E-state index in [2.05, 4.69) is 173 Å². The van der Waals surface area contributed by atoms with Gasteiger partial charge < -0.3 is 4.57 Å². The van der Waals surface area contributed by atoms with E-state index < -0.39 is 0 Å². The summed E-state index contributed by atoms with van der Waals surface area (Å²) in [6, 6.07) is 52.7. The van der Waals surface area contributed by atoms with Crippen molar-refractivity contribution in [3.63, 3.8) is 0 Å². The zero-order valence-electron chi connectivity index (χ0n) is 24.4. The van der Waals surface area contributed by atoms with E-state index in [1.54, 1.807) is 0 Å². The molecule has 5 aromatic carbocycles. The topological polar surface area (TPSA) is 11.4 Å². The SMILES string of the molecule is Cn1cc(CN(Cc2ccccc2)C[C@@H](c2ccccc2)N(Cc2ccccc2)Cc2ccccc2)c2ccccc21. The summed E-state index contributed by atoms with van der Waals surface area (Å²) in [7, 11) is 2.15. The Morgan fingerprint density at radius 3 is 1.57 bits per heavy atom. The Bertz CT molecular complexity index is 1620. The third-order valence-electron chi connectivity index (χ3n) is 8.14. The quantitative estimate of drug-likeness (QED) is 0.151. The molecule has 3 nitrogen and oxygen atoms in total. The van der Waals surface area contributed by atoms with Gasteiger partial charge in [0, 0.05) is 62.9 Å². The highest BCUT2D eigenvalue weighted by Crippen LogP contribution is 2.29. The molecule has 0 aliphatic carbocycles. The van der Waals surface area contributed by atoms with Crippen molar-refractivity contribution in [2.75, 3.05) is 6.54 Å². The van der Waals surface area contributed by atoms with Crippen LogP contribution >= 0.6 is 0 Å². The van der Waals surface area contributed by atoms with Gasteiger partial charge in [-0.1, -0.05) is 140 Å². The Balaban J connectivity index is 1.39. The molecule has 42 heavy (non-hydrogen) atoms. The first-order chi connectivity index (χ1) is 20.7. The molecule has 0 aliphatic rings. The summed E-state index contributed by atoms with van der Waals surface area (Å²) in [5.74, 6) is 0. The van der Waals surface area contributed by atoms with Crippen LogP contribution in [0.3, 0.4) is 0 Å². The summed E-state index contributed by atoms with van der Waals surface area (Å²) in [5.41, 5.74) is 7.99. The van der Waals surface area contributed by atoms with Gasteiger partial charge in [0.2, 0.25) is 0 Å². The van der Waals surface area contributed by atoms with Crippen LogP contribution in [-0.2, 0) is 33.2 Å². The zero-order valence-corrected chi connectivity index (χ0v) is 24.4. The summed E-state index contributed by atoms with van der Waals surface area (Å²) in [4.78, 5) is 5.29. The number of para-hydroxylation sites is 1. The average Bonchev–Trinajstić information content (AvgIpc) is 3.36. The fourth-order valence-electron chi connectivity index (χ4n) is 6.08. The van der Waals surface area contributed by atoms with E-state index in [4.69, 9.17) is 0 Å². The van der Waals surface area contributed by atoms with Gasteiger partial charge in [-0.3, -0.25) is 9.80 Å². The minimum absolute atomic E-state index is 0.199. The third kappa shape index (κ3) is 6.88. The maximum atomic E-state index is 2.65. The number of benzene rings is 5. The average molecular weight is 550 g/mol. The molecule has 6 aromatic rings. The maximum absolute atomic E-state index is 2.65. The lowest BCUT2D eigenvalue weighted by atomic mass is 10.0. The minimum atomic E-state index is 0.199. The van der Waals surface area contributed by atoms with Gasteiger partial charge in [0.15, 0.2) is 0 Å². The van der Waals surface area contributed by atoms with Crippen LogP contribution < -0.4 is 0 Å². The zero-order chi connectivity index (χ0) is 28.6. The molecule has 0 saturated heterocycles. The van der Waals surface area contributed by atoms with E-state index in [-0.39, 0.29) is 6.04 Å². The predicted octanol–water partition coefficient (Wildman–Crippen LogP) is 8.62. The number of nitrogens with zero attached hydrogens (tertiary/aromatic N) is 3. The molecule has 0 spiro atoms. The first-order valence-electron chi connectivity index (χ1n) is 14.9. The second-order valence-corrected chi connectivity index (χ2v) is 11.2. The van der Waals surface area contributed by atoms with Gasteiger partial charge >= 0.3 is 0 Å². The maximum Gasteiger partial charge on any atom is 0.0482 e. The second kappa shape index (κ2) is 13.5. The molecule has 0 bridgehead atoms. The smallest absolute Gasteiger partial charge is 0.0482 e. The van der Waals surface area contributed by atoms with E-state index in [0.717, 1.165) is 32.7 Å². The van der Waals surface area contributed by atoms with Gasteiger partial charge in [0.1, 0.15) is 0 Å². The van der Waals surface area contributed by atoms with Crippen molar-refractivity contribution in [1.82, 2.24) is 14.4 Å². The first kappa shape index (κ1) is 27.7. The molecule has 210 valence electrons. The lowest BCUT2D eigenvalue weighted by Crippen LogP contribution is -2.37. The number of hydrogen-bond acceptors (Lipinski definition) is 2. The van der Waals surface area contributed by atoms with E-state index in [1.165, 1.54) is 38.7 Å². The Kier molecular flexibility index (Phi) is 8.90. The van der Waals surface area contributed by atoms with E-state index >= 15 is 0 Å². The van der Waals surface area contributed by atoms with Crippen molar-refractivity contribution in [2.24, 2.45) is 7.05 Å². The molecular formula is C39H39N3. The third-order valence-corrected chi connectivity index (χ3v) is 8.14. The van der Waals surface area contributed by atoms with Gasteiger partial charge in [0.25, 0.3) is 0 Å². The van der Waals surface area contributed by atoms with Crippen LogP contribution in [0.2, 0.25) is 0 Å². The van der Waals surface area contributed by atoms with Crippen LogP contribution in [0.5, 0.6) is 0 Å². The van der Waals surface area contributed by atoms with Gasteiger partial charge in [-0.05, 0) is 33.9 Å².